The third-order valence-electron chi connectivity index (χ3n) is 7.74. The fourth-order valence-corrected chi connectivity index (χ4v) is 5.99. The molecule has 11 heteroatoms. The normalized spacial score (nSPS) is 26.9. The number of alkyl halides is 3. The van der Waals surface area contributed by atoms with Crippen molar-refractivity contribution in [3.63, 3.8) is 0 Å². The highest BCUT2D eigenvalue weighted by Crippen LogP contribution is 2.43. The van der Waals surface area contributed by atoms with Gasteiger partial charge < -0.3 is 19.5 Å². The summed E-state index contributed by atoms with van der Waals surface area (Å²) in [4.78, 5) is 13.5. The van der Waals surface area contributed by atoms with Crippen LogP contribution >= 0.6 is 0 Å². The molecule has 0 saturated carbocycles. The molecule has 2 bridgehead atoms. The molecule has 2 aromatic rings. The topological polar surface area (TPSA) is 74.6 Å². The van der Waals surface area contributed by atoms with Crippen LogP contribution in [0, 0.1) is 11.7 Å². The summed E-state index contributed by atoms with van der Waals surface area (Å²) in [5, 5.41) is 14.1. The predicted octanol–water partition coefficient (Wildman–Crippen LogP) is 5.63. The van der Waals surface area contributed by atoms with Crippen molar-refractivity contribution in [2.45, 2.75) is 69.4 Å². The molecule has 0 radical (unpaired) electrons. The molecule has 38 heavy (non-hydrogen) atoms. The number of benzene rings is 2. The number of carboxylic acids is 1. The third kappa shape index (κ3) is 4.98. The predicted molar refractivity (Wildman–Crippen MR) is 134 cm³/mol. The number of hydrogen-bond donors (Lipinski definition) is 1. The number of anilines is 2. The molecule has 2 unspecified atom stereocenters. The fourth-order valence-electron chi connectivity index (χ4n) is 5.99. The molecule has 3 aliphatic rings. The van der Waals surface area contributed by atoms with E-state index in [0.29, 0.717) is 35.7 Å². The Morgan fingerprint density at radius 2 is 1.71 bits per heavy atom. The lowest BCUT2D eigenvalue weighted by molar-refractivity contribution is -0.137. The lowest BCUT2D eigenvalue weighted by atomic mass is 9.94. The van der Waals surface area contributed by atoms with Crippen molar-refractivity contribution in [2.75, 3.05) is 17.0 Å². The van der Waals surface area contributed by atoms with E-state index in [1.807, 2.05) is 0 Å². The number of carbonyl (C=O) groups is 1. The smallest absolute Gasteiger partial charge is 0.431 e. The van der Waals surface area contributed by atoms with Gasteiger partial charge in [0.25, 0.3) is 0 Å². The minimum Gasteiger partial charge on any atom is -0.497 e. The van der Waals surface area contributed by atoms with Gasteiger partial charge in [0, 0.05) is 36.9 Å². The summed E-state index contributed by atoms with van der Waals surface area (Å²) in [5.41, 5.74) is -0.0916. The van der Waals surface area contributed by atoms with Gasteiger partial charge in [0.15, 0.2) is 0 Å². The van der Waals surface area contributed by atoms with Gasteiger partial charge in [-0.05, 0) is 49.2 Å². The minimum atomic E-state index is -4.64. The van der Waals surface area contributed by atoms with Gasteiger partial charge in [0.1, 0.15) is 29.1 Å². The molecule has 4 atom stereocenters. The van der Waals surface area contributed by atoms with Gasteiger partial charge >= 0.3 is 12.1 Å². The van der Waals surface area contributed by atoms with Gasteiger partial charge in [0.05, 0.1) is 30.9 Å². The van der Waals surface area contributed by atoms with Crippen molar-refractivity contribution < 1.29 is 36.9 Å². The molecule has 2 fully saturated rings. The Balaban J connectivity index is 1.28. The van der Waals surface area contributed by atoms with Crippen LogP contribution in [0.5, 0.6) is 11.5 Å². The molecule has 0 aromatic heterocycles. The Bertz CT molecular complexity index is 1210. The summed E-state index contributed by atoms with van der Waals surface area (Å²) in [5.74, 6) is -1.41. The molecule has 2 saturated heterocycles. The summed E-state index contributed by atoms with van der Waals surface area (Å²) in [6.45, 7) is 1.34. The molecule has 204 valence electrons. The summed E-state index contributed by atoms with van der Waals surface area (Å²) in [6, 6.07) is 10.5. The number of methoxy groups -OCH3 is 1. The number of hydrogen-bond acceptors (Lipinski definition) is 6. The first-order valence-corrected chi connectivity index (χ1v) is 12.6. The van der Waals surface area contributed by atoms with Crippen molar-refractivity contribution in [2.24, 2.45) is 11.0 Å². The lowest BCUT2D eigenvalue weighted by Gasteiger charge is -2.40. The fraction of sp³-hybridized carbons (Fsp3) is 0.481. The highest BCUT2D eigenvalue weighted by atomic mass is 19.4. The van der Waals surface area contributed by atoms with Crippen molar-refractivity contribution >= 4 is 23.1 Å². The Morgan fingerprint density at radius 1 is 1.08 bits per heavy atom. The molecule has 0 aliphatic carbocycles. The van der Waals surface area contributed by atoms with Crippen LogP contribution in [0.2, 0.25) is 0 Å². The molecule has 0 amide bonds. The first kappa shape index (κ1) is 26.1. The molecule has 1 N–H and O–H groups in total. The molecule has 7 nitrogen and oxygen atoms in total. The zero-order chi connectivity index (χ0) is 27.2. The largest absolute Gasteiger partial charge is 0.497 e. The van der Waals surface area contributed by atoms with Crippen LogP contribution in [0.4, 0.5) is 28.9 Å². The van der Waals surface area contributed by atoms with Gasteiger partial charge in [-0.3, -0.25) is 9.80 Å². The van der Waals surface area contributed by atoms with Crippen LogP contribution in [-0.2, 0) is 4.79 Å². The molecule has 5 rings (SSSR count). The van der Waals surface area contributed by atoms with E-state index in [-0.39, 0.29) is 24.0 Å². The molecule has 3 heterocycles. The van der Waals surface area contributed by atoms with E-state index in [2.05, 4.69) is 10.0 Å². The Labute approximate surface area is 217 Å². The molecule has 0 spiro atoms. The first-order valence-electron chi connectivity index (χ1n) is 12.6. The number of fused-ring (bicyclic) bond motifs is 2. The molecule has 3 aliphatic heterocycles. The van der Waals surface area contributed by atoms with Gasteiger partial charge in [0.2, 0.25) is 0 Å². The number of ether oxygens (including phenoxy) is 2. The number of aliphatic carboxylic acids is 1. The Morgan fingerprint density at radius 3 is 2.29 bits per heavy atom. The highest BCUT2D eigenvalue weighted by Gasteiger charge is 2.49. The number of nitrogens with zero attached hydrogens (tertiary/aromatic N) is 3. The molecular formula is C27H29F4N3O4. The number of halogens is 4. The molecular weight excluding hydrogens is 506 g/mol. The summed E-state index contributed by atoms with van der Waals surface area (Å²) in [6.07, 6.45) is -1.94. The maximum atomic E-state index is 14.6. The van der Waals surface area contributed by atoms with E-state index in [9.17, 15) is 27.5 Å². The average molecular weight is 536 g/mol. The van der Waals surface area contributed by atoms with E-state index < -0.39 is 36.2 Å². The SMILES string of the molecule is COc1ccc(F)c(N2C3CCC2CC(Oc2ccc(N4N=C(C(F)(F)F)[C@@H](C)[C@@H]4CC(=O)O)cc2)C3)c1. The standard InChI is InChI=1S/C27H29F4N3O4/c1-15-23(14-25(35)36)34(32-26(15)27(29,30)31)16-5-7-19(8-6-16)38-21-11-17-3-4-18(12-21)33(17)24-13-20(37-2)9-10-22(24)28/h5-10,13,15,17-18,21,23H,3-4,11-12,14H2,1-2H3,(H,35,36)/t15-,17?,18?,21?,23-/m0/s1. The van der Waals surface area contributed by atoms with E-state index >= 15 is 0 Å². The second-order valence-electron chi connectivity index (χ2n) is 10.1. The van der Waals surface area contributed by atoms with E-state index in [1.54, 1.807) is 43.5 Å². The summed E-state index contributed by atoms with van der Waals surface area (Å²) >= 11 is 0. The first-order chi connectivity index (χ1) is 18.0. The van der Waals surface area contributed by atoms with Crippen LogP contribution < -0.4 is 19.4 Å². The van der Waals surface area contributed by atoms with Crippen LogP contribution in [-0.4, -0.2) is 54.3 Å². The van der Waals surface area contributed by atoms with Gasteiger partial charge in [-0.1, -0.05) is 6.92 Å². The Hall–Kier alpha value is -3.50. The lowest BCUT2D eigenvalue weighted by Crippen LogP contribution is -2.46. The molecule has 2 aromatic carbocycles. The quantitative estimate of drug-likeness (QED) is 0.464. The summed E-state index contributed by atoms with van der Waals surface area (Å²) in [7, 11) is 1.55. The second-order valence-corrected chi connectivity index (χ2v) is 10.1. The highest BCUT2D eigenvalue weighted by molar-refractivity contribution is 5.96. The van der Waals surface area contributed by atoms with Gasteiger partial charge in [-0.15, -0.1) is 0 Å². The van der Waals surface area contributed by atoms with Crippen molar-refractivity contribution in [1.82, 2.24) is 0 Å². The van der Waals surface area contributed by atoms with E-state index in [1.165, 1.54) is 13.0 Å². The van der Waals surface area contributed by atoms with Crippen LogP contribution in [0.25, 0.3) is 0 Å². The Kier molecular flexibility index (Phi) is 6.87. The van der Waals surface area contributed by atoms with Crippen LogP contribution in [0.3, 0.4) is 0 Å². The zero-order valence-electron chi connectivity index (χ0n) is 21.0. The van der Waals surface area contributed by atoms with Gasteiger partial charge in [-0.2, -0.15) is 18.3 Å². The van der Waals surface area contributed by atoms with E-state index in [0.717, 1.165) is 17.9 Å². The number of rotatable bonds is 7. The summed E-state index contributed by atoms with van der Waals surface area (Å²) < 4.78 is 66.5. The average Bonchev–Trinajstić information content (AvgIpc) is 3.32. The third-order valence-corrected chi connectivity index (χ3v) is 7.74. The monoisotopic (exact) mass is 535 g/mol. The van der Waals surface area contributed by atoms with Crippen LogP contribution in [0.15, 0.2) is 47.6 Å². The number of piperidine rings is 1. The van der Waals surface area contributed by atoms with Crippen molar-refractivity contribution in [1.29, 1.82) is 0 Å². The maximum Gasteiger partial charge on any atom is 0.431 e. The minimum absolute atomic E-state index is 0.0929. The van der Waals surface area contributed by atoms with Crippen LogP contribution in [0.1, 0.15) is 39.0 Å². The maximum absolute atomic E-state index is 14.6. The zero-order valence-corrected chi connectivity index (χ0v) is 21.0. The number of carboxylic acid groups (broad SMARTS) is 1. The van der Waals surface area contributed by atoms with Crippen molar-refractivity contribution in [3.05, 3.63) is 48.3 Å². The second kappa shape index (κ2) is 9.99. The number of hydrazone groups is 1. The van der Waals surface area contributed by atoms with E-state index in [4.69, 9.17) is 9.47 Å². The van der Waals surface area contributed by atoms with Crippen molar-refractivity contribution in [3.8, 4) is 11.5 Å². The van der Waals surface area contributed by atoms with Gasteiger partial charge in [-0.25, -0.2) is 4.39 Å².